The first-order valence-electron chi connectivity index (χ1n) is 5.04. The number of terminal acetylenes is 1. The van der Waals surface area contributed by atoms with Gasteiger partial charge in [0.25, 0.3) is 0 Å². The summed E-state index contributed by atoms with van der Waals surface area (Å²) in [5.74, 6) is 2.73. The van der Waals surface area contributed by atoms with E-state index in [1.54, 1.807) is 11.3 Å². The molecule has 1 rings (SSSR count). The summed E-state index contributed by atoms with van der Waals surface area (Å²) in [6, 6.07) is 2.61. The van der Waals surface area contributed by atoms with Gasteiger partial charge >= 0.3 is 0 Å². The maximum atomic E-state index is 5.34. The van der Waals surface area contributed by atoms with Crippen LogP contribution in [0.4, 0.5) is 0 Å². The van der Waals surface area contributed by atoms with Crippen LogP contribution in [0.2, 0.25) is 0 Å². The lowest BCUT2D eigenvalue weighted by molar-refractivity contribution is 0.517. The SMILES string of the molecule is C#CCC(Cc1ccsc1)NCCC. The molecule has 2 heteroatoms. The van der Waals surface area contributed by atoms with E-state index in [0.717, 1.165) is 25.8 Å². The highest BCUT2D eigenvalue weighted by atomic mass is 32.1. The molecule has 0 aliphatic rings. The van der Waals surface area contributed by atoms with E-state index in [-0.39, 0.29) is 0 Å². The molecule has 0 bridgehead atoms. The van der Waals surface area contributed by atoms with Gasteiger partial charge in [0.15, 0.2) is 0 Å². The van der Waals surface area contributed by atoms with Crippen molar-refractivity contribution in [1.29, 1.82) is 0 Å². The minimum Gasteiger partial charge on any atom is -0.313 e. The second-order valence-electron chi connectivity index (χ2n) is 3.40. The lowest BCUT2D eigenvalue weighted by atomic mass is 10.1. The first-order valence-corrected chi connectivity index (χ1v) is 5.99. The van der Waals surface area contributed by atoms with E-state index < -0.39 is 0 Å². The normalized spacial score (nSPS) is 12.3. The second-order valence-corrected chi connectivity index (χ2v) is 4.18. The molecule has 1 N–H and O–H groups in total. The highest BCUT2D eigenvalue weighted by molar-refractivity contribution is 7.07. The maximum Gasteiger partial charge on any atom is 0.0243 e. The molecule has 0 spiro atoms. The number of nitrogens with one attached hydrogen (secondary N) is 1. The van der Waals surface area contributed by atoms with Crippen LogP contribution in [0.15, 0.2) is 16.8 Å². The van der Waals surface area contributed by atoms with Crippen LogP contribution in [0.1, 0.15) is 25.3 Å². The molecule has 76 valence electrons. The Morgan fingerprint density at radius 1 is 1.64 bits per heavy atom. The lowest BCUT2D eigenvalue weighted by Gasteiger charge is -2.14. The summed E-state index contributed by atoms with van der Waals surface area (Å²) in [5.41, 5.74) is 1.39. The third-order valence-corrected chi connectivity index (χ3v) is 2.84. The Morgan fingerprint density at radius 3 is 3.07 bits per heavy atom. The van der Waals surface area contributed by atoms with E-state index in [1.807, 2.05) is 0 Å². The lowest BCUT2D eigenvalue weighted by Crippen LogP contribution is -2.31. The molecule has 1 unspecified atom stereocenters. The molecule has 0 aliphatic carbocycles. The van der Waals surface area contributed by atoms with E-state index in [2.05, 4.69) is 35.0 Å². The van der Waals surface area contributed by atoms with E-state index in [9.17, 15) is 0 Å². The smallest absolute Gasteiger partial charge is 0.0243 e. The van der Waals surface area contributed by atoms with Gasteiger partial charge in [-0.25, -0.2) is 0 Å². The van der Waals surface area contributed by atoms with Gasteiger partial charge in [-0.15, -0.1) is 12.3 Å². The van der Waals surface area contributed by atoms with Crippen molar-refractivity contribution in [3.63, 3.8) is 0 Å². The van der Waals surface area contributed by atoms with E-state index in [1.165, 1.54) is 5.56 Å². The molecule has 14 heavy (non-hydrogen) atoms. The highest BCUT2D eigenvalue weighted by Crippen LogP contribution is 2.10. The molecule has 0 radical (unpaired) electrons. The van der Waals surface area contributed by atoms with Gasteiger partial charge in [0, 0.05) is 12.5 Å². The number of hydrogen-bond donors (Lipinski definition) is 1. The fourth-order valence-electron chi connectivity index (χ4n) is 1.40. The Labute approximate surface area is 90.5 Å². The summed E-state index contributed by atoms with van der Waals surface area (Å²) < 4.78 is 0. The minimum absolute atomic E-state index is 0.439. The van der Waals surface area contributed by atoms with Crippen molar-refractivity contribution < 1.29 is 0 Å². The van der Waals surface area contributed by atoms with Crippen LogP contribution in [0.3, 0.4) is 0 Å². The van der Waals surface area contributed by atoms with Crippen molar-refractivity contribution in [2.45, 2.75) is 32.2 Å². The Kier molecular flexibility index (Phi) is 5.36. The van der Waals surface area contributed by atoms with Crippen molar-refractivity contribution in [3.8, 4) is 12.3 Å². The molecule has 1 aromatic rings. The van der Waals surface area contributed by atoms with Crippen LogP contribution < -0.4 is 5.32 Å². The predicted molar refractivity (Wildman–Crippen MR) is 63.6 cm³/mol. The molecule has 1 aromatic heterocycles. The summed E-state index contributed by atoms with van der Waals surface area (Å²) in [4.78, 5) is 0. The largest absolute Gasteiger partial charge is 0.313 e. The molecule has 1 heterocycles. The van der Waals surface area contributed by atoms with E-state index in [4.69, 9.17) is 6.42 Å². The fraction of sp³-hybridized carbons (Fsp3) is 0.500. The van der Waals surface area contributed by atoms with Crippen molar-refractivity contribution in [2.24, 2.45) is 0 Å². The zero-order valence-corrected chi connectivity index (χ0v) is 9.44. The summed E-state index contributed by atoms with van der Waals surface area (Å²) >= 11 is 1.74. The van der Waals surface area contributed by atoms with Gasteiger partial charge < -0.3 is 5.32 Å². The Bertz CT molecular complexity index is 271. The molecule has 0 aliphatic heterocycles. The summed E-state index contributed by atoms with van der Waals surface area (Å²) in [6.07, 6.45) is 8.36. The predicted octanol–water partition coefficient (Wildman–Crippen LogP) is 2.68. The van der Waals surface area contributed by atoms with Crippen LogP contribution in [-0.2, 0) is 6.42 Å². The van der Waals surface area contributed by atoms with E-state index in [0.29, 0.717) is 6.04 Å². The third-order valence-electron chi connectivity index (χ3n) is 2.11. The van der Waals surface area contributed by atoms with Crippen LogP contribution in [0.5, 0.6) is 0 Å². The molecule has 1 atom stereocenters. The molecule has 0 fully saturated rings. The molecule has 0 aromatic carbocycles. The molecular weight excluding hydrogens is 190 g/mol. The van der Waals surface area contributed by atoms with Crippen molar-refractivity contribution >= 4 is 11.3 Å². The standard InChI is InChI=1S/C12H17NS/c1-3-5-12(13-7-4-2)9-11-6-8-14-10-11/h1,6,8,10,12-13H,4-5,7,9H2,2H3. The van der Waals surface area contributed by atoms with Crippen molar-refractivity contribution in [2.75, 3.05) is 6.54 Å². The van der Waals surface area contributed by atoms with Gasteiger partial charge in [0.2, 0.25) is 0 Å². The molecule has 0 saturated carbocycles. The van der Waals surface area contributed by atoms with E-state index >= 15 is 0 Å². The van der Waals surface area contributed by atoms with Crippen LogP contribution in [0, 0.1) is 12.3 Å². The van der Waals surface area contributed by atoms with Gasteiger partial charge in [-0.2, -0.15) is 11.3 Å². The Hall–Kier alpha value is -0.780. The summed E-state index contributed by atoms with van der Waals surface area (Å²) in [6.45, 7) is 3.22. The van der Waals surface area contributed by atoms with Gasteiger partial charge in [-0.3, -0.25) is 0 Å². The van der Waals surface area contributed by atoms with Gasteiger partial charge in [-0.05, 0) is 41.8 Å². The average molecular weight is 207 g/mol. The average Bonchev–Trinajstić information content (AvgIpc) is 2.67. The first kappa shape index (κ1) is 11.3. The quantitative estimate of drug-likeness (QED) is 0.707. The summed E-state index contributed by atoms with van der Waals surface area (Å²) in [7, 11) is 0. The van der Waals surface area contributed by atoms with Gasteiger partial charge in [0.1, 0.15) is 0 Å². The molecule has 1 nitrogen and oxygen atoms in total. The maximum absolute atomic E-state index is 5.34. The Morgan fingerprint density at radius 2 is 2.50 bits per heavy atom. The van der Waals surface area contributed by atoms with Crippen LogP contribution in [-0.4, -0.2) is 12.6 Å². The topological polar surface area (TPSA) is 12.0 Å². The van der Waals surface area contributed by atoms with Gasteiger partial charge in [-0.1, -0.05) is 6.92 Å². The number of rotatable bonds is 6. The number of thiophene rings is 1. The van der Waals surface area contributed by atoms with Crippen molar-refractivity contribution in [3.05, 3.63) is 22.4 Å². The molecular formula is C12H17NS. The monoisotopic (exact) mass is 207 g/mol. The number of hydrogen-bond acceptors (Lipinski definition) is 2. The highest BCUT2D eigenvalue weighted by Gasteiger charge is 2.06. The third kappa shape index (κ3) is 3.95. The Balaban J connectivity index is 2.39. The zero-order valence-electron chi connectivity index (χ0n) is 8.62. The minimum atomic E-state index is 0.439. The molecule has 0 saturated heterocycles. The summed E-state index contributed by atoms with van der Waals surface area (Å²) in [5, 5.41) is 7.78. The zero-order chi connectivity index (χ0) is 10.2. The van der Waals surface area contributed by atoms with Gasteiger partial charge in [0.05, 0.1) is 0 Å². The molecule has 0 amide bonds. The van der Waals surface area contributed by atoms with Crippen LogP contribution in [0.25, 0.3) is 0 Å². The first-order chi connectivity index (χ1) is 6.86. The van der Waals surface area contributed by atoms with Crippen LogP contribution >= 0.6 is 11.3 Å². The second kappa shape index (κ2) is 6.64. The fourth-order valence-corrected chi connectivity index (χ4v) is 2.08. The van der Waals surface area contributed by atoms with Crippen molar-refractivity contribution in [1.82, 2.24) is 5.32 Å².